The number of hydrogen-bond acceptors (Lipinski definition) is 4. The average molecular weight is 479 g/mol. The molecule has 1 saturated heterocycles. The maximum absolute atomic E-state index is 12.9. The molecule has 0 saturated carbocycles. The number of likely N-dealkylation sites (tertiary alicyclic amines) is 1. The molecule has 0 bridgehead atoms. The van der Waals surface area contributed by atoms with Gasteiger partial charge in [0.15, 0.2) is 0 Å². The Labute approximate surface area is 206 Å². The minimum absolute atomic E-state index is 0.0117. The van der Waals surface area contributed by atoms with Gasteiger partial charge in [0.05, 0.1) is 0 Å². The largest absolute Gasteiger partial charge is 0.480 e. The summed E-state index contributed by atoms with van der Waals surface area (Å²) in [6.45, 7) is 6.72. The Morgan fingerprint density at radius 3 is 2.29 bits per heavy atom. The van der Waals surface area contributed by atoms with Crippen molar-refractivity contribution in [3.8, 4) is 11.1 Å². The second kappa shape index (κ2) is 10.1. The summed E-state index contributed by atoms with van der Waals surface area (Å²) in [7, 11) is 0. The lowest BCUT2D eigenvalue weighted by Crippen LogP contribution is -2.47. The first-order valence-corrected chi connectivity index (χ1v) is 12.3. The predicted molar refractivity (Wildman–Crippen MR) is 133 cm³/mol. The van der Waals surface area contributed by atoms with Gasteiger partial charge in [0.25, 0.3) is 0 Å². The van der Waals surface area contributed by atoms with Gasteiger partial charge in [-0.3, -0.25) is 4.79 Å². The number of ether oxygens (including phenoxy) is 1. The molecule has 2 amide bonds. The predicted octanol–water partition coefficient (Wildman–Crippen LogP) is 4.65. The van der Waals surface area contributed by atoms with E-state index in [0.717, 1.165) is 0 Å². The standard InChI is InChI=1S/C28H34N2O5/c1-18(25(31)30-16-14-28(2,3)24(30)26(32)33)9-8-15-29-27(34)35-17-23-21-12-6-4-10-19(21)20-11-5-7-13-22(20)23/h4-7,10-13,18,23-24H,8-9,14-17H2,1-3H3,(H,29,34)(H,32,33). The van der Waals surface area contributed by atoms with E-state index in [-0.39, 0.29) is 24.3 Å². The molecule has 7 nitrogen and oxygen atoms in total. The third-order valence-electron chi connectivity index (χ3n) is 7.41. The Morgan fingerprint density at radius 1 is 1.09 bits per heavy atom. The highest BCUT2D eigenvalue weighted by Gasteiger charge is 2.47. The maximum Gasteiger partial charge on any atom is 0.407 e. The van der Waals surface area contributed by atoms with Crippen molar-refractivity contribution in [2.24, 2.45) is 11.3 Å². The van der Waals surface area contributed by atoms with Crippen molar-refractivity contribution in [2.45, 2.75) is 52.0 Å². The molecule has 0 radical (unpaired) electrons. The number of aliphatic carboxylic acids is 1. The van der Waals surface area contributed by atoms with Crippen LogP contribution in [0.1, 0.15) is 57.1 Å². The molecule has 2 N–H and O–H groups in total. The van der Waals surface area contributed by atoms with Gasteiger partial charge in [-0.1, -0.05) is 69.3 Å². The summed E-state index contributed by atoms with van der Waals surface area (Å²) in [5.74, 6) is -1.39. The van der Waals surface area contributed by atoms with Crippen LogP contribution in [0.3, 0.4) is 0 Å². The molecule has 4 rings (SSSR count). The number of rotatable bonds is 8. The van der Waals surface area contributed by atoms with Gasteiger partial charge in [0.2, 0.25) is 5.91 Å². The highest BCUT2D eigenvalue weighted by Crippen LogP contribution is 2.44. The van der Waals surface area contributed by atoms with Crippen LogP contribution in [-0.2, 0) is 14.3 Å². The Morgan fingerprint density at radius 2 is 1.69 bits per heavy atom. The normalized spacial score (nSPS) is 19.1. The number of benzene rings is 2. The summed E-state index contributed by atoms with van der Waals surface area (Å²) >= 11 is 0. The molecule has 7 heteroatoms. The molecule has 1 heterocycles. The quantitative estimate of drug-likeness (QED) is 0.539. The van der Waals surface area contributed by atoms with Gasteiger partial charge in [-0.15, -0.1) is 0 Å². The van der Waals surface area contributed by atoms with Crippen LogP contribution < -0.4 is 5.32 Å². The first kappa shape index (κ1) is 24.8. The second-order valence-corrected chi connectivity index (χ2v) is 10.3. The molecular weight excluding hydrogens is 444 g/mol. The summed E-state index contributed by atoms with van der Waals surface area (Å²) in [5, 5.41) is 12.4. The van der Waals surface area contributed by atoms with Crippen molar-refractivity contribution in [3.63, 3.8) is 0 Å². The van der Waals surface area contributed by atoms with Gasteiger partial charge in [-0.05, 0) is 46.9 Å². The average Bonchev–Trinajstić information content (AvgIpc) is 3.33. The lowest BCUT2D eigenvalue weighted by atomic mass is 9.84. The van der Waals surface area contributed by atoms with Gasteiger partial charge in [0.1, 0.15) is 12.6 Å². The van der Waals surface area contributed by atoms with Crippen LogP contribution in [0.15, 0.2) is 48.5 Å². The lowest BCUT2D eigenvalue weighted by Gasteiger charge is -2.30. The molecule has 2 aromatic carbocycles. The van der Waals surface area contributed by atoms with E-state index < -0.39 is 23.5 Å². The van der Waals surface area contributed by atoms with Crippen LogP contribution in [0.25, 0.3) is 11.1 Å². The number of hydrogen-bond donors (Lipinski definition) is 2. The monoisotopic (exact) mass is 478 g/mol. The number of carboxylic acid groups (broad SMARTS) is 1. The van der Waals surface area contributed by atoms with E-state index in [1.54, 1.807) is 0 Å². The molecule has 2 aliphatic rings. The third kappa shape index (κ3) is 5.04. The molecule has 2 aromatic rings. The van der Waals surface area contributed by atoms with Crippen LogP contribution in [0.4, 0.5) is 4.79 Å². The van der Waals surface area contributed by atoms with Crippen molar-refractivity contribution >= 4 is 18.0 Å². The van der Waals surface area contributed by atoms with E-state index >= 15 is 0 Å². The second-order valence-electron chi connectivity index (χ2n) is 10.3. The van der Waals surface area contributed by atoms with Crippen LogP contribution in [0, 0.1) is 11.3 Å². The Balaban J connectivity index is 1.23. The van der Waals surface area contributed by atoms with Gasteiger partial charge >= 0.3 is 12.1 Å². The Kier molecular flexibility index (Phi) is 7.15. The van der Waals surface area contributed by atoms with Crippen molar-refractivity contribution in [2.75, 3.05) is 19.7 Å². The highest BCUT2D eigenvalue weighted by atomic mass is 16.5. The highest BCUT2D eigenvalue weighted by molar-refractivity contribution is 5.86. The van der Waals surface area contributed by atoms with Gasteiger partial charge in [-0.2, -0.15) is 0 Å². The van der Waals surface area contributed by atoms with Crippen molar-refractivity contribution < 1.29 is 24.2 Å². The number of carbonyl (C=O) groups excluding carboxylic acids is 2. The van der Waals surface area contributed by atoms with E-state index in [1.165, 1.54) is 27.2 Å². The Bertz CT molecular complexity index is 1070. The minimum atomic E-state index is -0.954. The summed E-state index contributed by atoms with van der Waals surface area (Å²) in [6.07, 6.45) is 1.36. The summed E-state index contributed by atoms with van der Waals surface area (Å²) in [4.78, 5) is 38.4. The van der Waals surface area contributed by atoms with Gasteiger partial charge in [0, 0.05) is 24.9 Å². The van der Waals surface area contributed by atoms with Gasteiger partial charge in [-0.25, -0.2) is 9.59 Å². The van der Waals surface area contributed by atoms with Crippen molar-refractivity contribution in [3.05, 3.63) is 59.7 Å². The maximum atomic E-state index is 12.9. The first-order valence-electron chi connectivity index (χ1n) is 12.3. The molecule has 2 unspecified atom stereocenters. The lowest BCUT2D eigenvalue weighted by molar-refractivity contribution is -0.152. The number of carbonyl (C=O) groups is 3. The number of nitrogens with one attached hydrogen (secondary N) is 1. The number of carboxylic acids is 1. The fourth-order valence-corrected chi connectivity index (χ4v) is 5.46. The Hall–Kier alpha value is -3.35. The molecular formula is C28H34N2O5. The first-order chi connectivity index (χ1) is 16.7. The zero-order valence-electron chi connectivity index (χ0n) is 20.6. The summed E-state index contributed by atoms with van der Waals surface area (Å²) in [6, 6.07) is 15.6. The topological polar surface area (TPSA) is 95.9 Å². The van der Waals surface area contributed by atoms with Crippen LogP contribution >= 0.6 is 0 Å². The van der Waals surface area contributed by atoms with E-state index in [4.69, 9.17) is 4.74 Å². The molecule has 0 aromatic heterocycles. The van der Waals surface area contributed by atoms with Crippen molar-refractivity contribution in [1.29, 1.82) is 0 Å². The molecule has 0 spiro atoms. The third-order valence-corrected chi connectivity index (χ3v) is 7.41. The fraction of sp³-hybridized carbons (Fsp3) is 0.464. The van der Waals surface area contributed by atoms with Gasteiger partial charge < -0.3 is 20.1 Å². The number of nitrogens with zero attached hydrogens (tertiary/aromatic N) is 1. The summed E-state index contributed by atoms with van der Waals surface area (Å²) in [5.41, 5.74) is 4.26. The molecule has 2 atom stereocenters. The number of amides is 2. The van der Waals surface area contributed by atoms with E-state index in [0.29, 0.717) is 32.4 Å². The molecule has 1 aliphatic heterocycles. The molecule has 35 heavy (non-hydrogen) atoms. The fourth-order valence-electron chi connectivity index (χ4n) is 5.46. The SMILES string of the molecule is CC(CCCNC(=O)OCC1c2ccccc2-c2ccccc21)C(=O)N1CCC(C)(C)C1C(=O)O. The minimum Gasteiger partial charge on any atom is -0.480 e. The van der Waals surface area contributed by atoms with E-state index in [2.05, 4.69) is 29.6 Å². The smallest absolute Gasteiger partial charge is 0.407 e. The van der Waals surface area contributed by atoms with Crippen LogP contribution in [-0.4, -0.2) is 53.7 Å². The van der Waals surface area contributed by atoms with E-state index in [9.17, 15) is 19.5 Å². The molecule has 186 valence electrons. The number of alkyl carbamates (subject to hydrolysis) is 1. The van der Waals surface area contributed by atoms with Crippen LogP contribution in [0.5, 0.6) is 0 Å². The number of fused-ring (bicyclic) bond motifs is 3. The zero-order chi connectivity index (χ0) is 25.2. The molecule has 1 aliphatic carbocycles. The molecule has 1 fully saturated rings. The van der Waals surface area contributed by atoms with E-state index in [1.807, 2.05) is 45.0 Å². The van der Waals surface area contributed by atoms with Crippen LogP contribution in [0.2, 0.25) is 0 Å². The van der Waals surface area contributed by atoms with Crippen molar-refractivity contribution in [1.82, 2.24) is 10.2 Å². The summed E-state index contributed by atoms with van der Waals surface area (Å²) < 4.78 is 5.55. The zero-order valence-corrected chi connectivity index (χ0v) is 20.6.